The smallest absolute Gasteiger partial charge is 0.274 e. The molecule has 20 heavy (non-hydrogen) atoms. The molecule has 0 aromatic carbocycles. The first kappa shape index (κ1) is 14.6. The van der Waals surface area contributed by atoms with Crippen LogP contribution in [0.4, 0.5) is 0 Å². The van der Waals surface area contributed by atoms with E-state index in [1.54, 1.807) is 32.3 Å². The predicted octanol–water partition coefficient (Wildman–Crippen LogP) is 0.576. The average Bonchev–Trinajstić information content (AvgIpc) is 2.87. The van der Waals surface area contributed by atoms with Crippen LogP contribution in [-0.4, -0.2) is 25.4 Å². The van der Waals surface area contributed by atoms with Gasteiger partial charge in [-0.15, -0.1) is 0 Å². The third kappa shape index (κ3) is 3.62. The lowest BCUT2D eigenvalue weighted by atomic mass is 10.4. The molecule has 0 saturated carbocycles. The summed E-state index contributed by atoms with van der Waals surface area (Å²) in [6.07, 6.45) is 1.59. The number of furan rings is 1. The lowest BCUT2D eigenvalue weighted by Gasteiger charge is -2.04. The summed E-state index contributed by atoms with van der Waals surface area (Å²) in [7, 11) is -1.92. The molecule has 0 spiro atoms. The Morgan fingerprint density at radius 1 is 1.25 bits per heavy atom. The third-order valence-corrected chi connectivity index (χ3v) is 3.80. The Morgan fingerprint density at radius 3 is 2.75 bits per heavy atom. The number of nitrogens with one attached hydrogen (secondary N) is 2. The molecule has 8 heteroatoms. The van der Waals surface area contributed by atoms with E-state index in [1.165, 1.54) is 6.07 Å². The van der Waals surface area contributed by atoms with Crippen molar-refractivity contribution in [3.63, 3.8) is 0 Å². The van der Waals surface area contributed by atoms with Crippen LogP contribution in [0.2, 0.25) is 0 Å². The lowest BCUT2D eigenvalue weighted by molar-refractivity contribution is 0.404. The molecule has 2 rings (SSSR count). The van der Waals surface area contributed by atoms with Gasteiger partial charge in [0, 0.05) is 6.20 Å². The van der Waals surface area contributed by atoms with E-state index in [0.29, 0.717) is 23.8 Å². The summed E-state index contributed by atoms with van der Waals surface area (Å²) in [5.74, 6) is 1.15. The van der Waals surface area contributed by atoms with E-state index >= 15 is 0 Å². The second kappa shape index (κ2) is 6.12. The largest absolute Gasteiger partial charge is 0.447 e. The fourth-order valence-electron chi connectivity index (χ4n) is 1.62. The van der Waals surface area contributed by atoms with Gasteiger partial charge in [0.15, 0.2) is 0 Å². The van der Waals surface area contributed by atoms with Crippen molar-refractivity contribution in [1.82, 2.24) is 20.0 Å². The SMILES string of the molecule is CNCc1ccc(S(=O)(=O)NCc2ccnc(C)n2)o1. The third-order valence-electron chi connectivity index (χ3n) is 2.53. The molecule has 0 atom stereocenters. The molecule has 0 aliphatic heterocycles. The zero-order valence-corrected chi connectivity index (χ0v) is 12.1. The maximum Gasteiger partial charge on any atom is 0.274 e. The molecule has 2 heterocycles. The van der Waals surface area contributed by atoms with E-state index < -0.39 is 10.0 Å². The number of sulfonamides is 1. The van der Waals surface area contributed by atoms with Crippen LogP contribution in [0, 0.1) is 6.92 Å². The van der Waals surface area contributed by atoms with Crippen molar-refractivity contribution < 1.29 is 12.8 Å². The summed E-state index contributed by atoms with van der Waals surface area (Å²) in [5.41, 5.74) is 0.600. The maximum absolute atomic E-state index is 12.0. The van der Waals surface area contributed by atoms with Gasteiger partial charge in [0.05, 0.1) is 18.8 Å². The normalized spacial score (nSPS) is 11.7. The Kier molecular flexibility index (Phi) is 4.48. The van der Waals surface area contributed by atoms with Crippen LogP contribution in [0.25, 0.3) is 0 Å². The van der Waals surface area contributed by atoms with E-state index in [-0.39, 0.29) is 11.6 Å². The Labute approximate surface area is 117 Å². The number of rotatable bonds is 6. The highest BCUT2D eigenvalue weighted by Gasteiger charge is 2.18. The molecular weight excluding hydrogens is 280 g/mol. The Balaban J connectivity index is 2.06. The van der Waals surface area contributed by atoms with Crippen molar-refractivity contribution in [2.24, 2.45) is 0 Å². The monoisotopic (exact) mass is 296 g/mol. The van der Waals surface area contributed by atoms with Crippen molar-refractivity contribution in [3.05, 3.63) is 41.7 Å². The molecule has 0 saturated heterocycles. The summed E-state index contributed by atoms with van der Waals surface area (Å²) in [4.78, 5) is 8.08. The standard InChI is InChI=1S/C12H16N4O3S/c1-9-14-6-5-10(16-9)7-15-20(17,18)12-4-3-11(19-12)8-13-2/h3-6,13,15H,7-8H2,1-2H3. The van der Waals surface area contributed by atoms with Crippen LogP contribution in [0.1, 0.15) is 17.3 Å². The highest BCUT2D eigenvalue weighted by molar-refractivity contribution is 7.89. The minimum absolute atomic E-state index is 0.0910. The maximum atomic E-state index is 12.0. The van der Waals surface area contributed by atoms with Gasteiger partial charge in [0.2, 0.25) is 5.09 Å². The van der Waals surface area contributed by atoms with Crippen molar-refractivity contribution in [2.45, 2.75) is 25.1 Å². The molecule has 0 unspecified atom stereocenters. The topological polar surface area (TPSA) is 97.1 Å². The Hall–Kier alpha value is -1.77. The van der Waals surface area contributed by atoms with Gasteiger partial charge in [-0.05, 0) is 32.2 Å². The zero-order chi connectivity index (χ0) is 14.6. The fourth-order valence-corrected chi connectivity index (χ4v) is 2.56. The highest BCUT2D eigenvalue weighted by atomic mass is 32.2. The first-order valence-electron chi connectivity index (χ1n) is 6.03. The van der Waals surface area contributed by atoms with Gasteiger partial charge in [-0.1, -0.05) is 0 Å². The summed E-state index contributed by atoms with van der Waals surface area (Å²) in [5, 5.41) is 2.78. The molecule has 2 aromatic heterocycles. The lowest BCUT2D eigenvalue weighted by Crippen LogP contribution is -2.23. The number of nitrogens with zero attached hydrogens (tertiary/aromatic N) is 2. The van der Waals surface area contributed by atoms with Gasteiger partial charge in [-0.25, -0.2) is 23.1 Å². The molecule has 0 amide bonds. The average molecular weight is 296 g/mol. The summed E-state index contributed by atoms with van der Waals surface area (Å²) < 4.78 is 31.8. The van der Waals surface area contributed by atoms with E-state index in [0.717, 1.165) is 0 Å². The van der Waals surface area contributed by atoms with E-state index in [9.17, 15) is 8.42 Å². The van der Waals surface area contributed by atoms with Gasteiger partial charge < -0.3 is 9.73 Å². The Bertz CT molecular complexity index is 682. The molecule has 0 aliphatic rings. The zero-order valence-electron chi connectivity index (χ0n) is 11.3. The van der Waals surface area contributed by atoms with Crippen molar-refractivity contribution in [2.75, 3.05) is 7.05 Å². The van der Waals surface area contributed by atoms with Crippen LogP contribution in [0.15, 0.2) is 33.9 Å². The van der Waals surface area contributed by atoms with Crippen LogP contribution < -0.4 is 10.0 Å². The second-order valence-electron chi connectivity index (χ2n) is 4.17. The van der Waals surface area contributed by atoms with Crippen molar-refractivity contribution in [3.8, 4) is 0 Å². The first-order valence-corrected chi connectivity index (χ1v) is 7.51. The van der Waals surface area contributed by atoms with Gasteiger partial charge in [0.1, 0.15) is 11.6 Å². The van der Waals surface area contributed by atoms with Crippen molar-refractivity contribution in [1.29, 1.82) is 0 Å². The minimum Gasteiger partial charge on any atom is -0.447 e. The number of hydrogen-bond acceptors (Lipinski definition) is 6. The molecule has 0 fully saturated rings. The van der Waals surface area contributed by atoms with E-state index in [2.05, 4.69) is 20.0 Å². The van der Waals surface area contributed by atoms with Crippen LogP contribution in [0.5, 0.6) is 0 Å². The number of aromatic nitrogens is 2. The van der Waals surface area contributed by atoms with Crippen molar-refractivity contribution >= 4 is 10.0 Å². The molecule has 0 radical (unpaired) electrons. The van der Waals surface area contributed by atoms with Gasteiger partial charge in [-0.2, -0.15) is 0 Å². The van der Waals surface area contributed by atoms with Gasteiger partial charge in [-0.3, -0.25) is 0 Å². The fraction of sp³-hybridized carbons (Fsp3) is 0.333. The molecular formula is C12H16N4O3S. The number of aryl methyl sites for hydroxylation is 1. The minimum atomic E-state index is -3.67. The van der Waals surface area contributed by atoms with E-state index in [4.69, 9.17) is 4.42 Å². The van der Waals surface area contributed by atoms with Gasteiger partial charge in [0.25, 0.3) is 10.0 Å². The molecule has 2 N–H and O–H groups in total. The first-order chi connectivity index (χ1) is 9.51. The quantitative estimate of drug-likeness (QED) is 0.809. The van der Waals surface area contributed by atoms with Gasteiger partial charge >= 0.3 is 0 Å². The summed E-state index contributed by atoms with van der Waals surface area (Å²) in [6, 6.07) is 4.71. The van der Waals surface area contributed by atoms with Crippen LogP contribution in [0.3, 0.4) is 0 Å². The molecule has 7 nitrogen and oxygen atoms in total. The molecule has 0 aliphatic carbocycles. The van der Waals surface area contributed by atoms with E-state index in [1.807, 2.05) is 0 Å². The van der Waals surface area contributed by atoms with Crippen LogP contribution >= 0.6 is 0 Å². The highest BCUT2D eigenvalue weighted by Crippen LogP contribution is 2.13. The second-order valence-corrected chi connectivity index (χ2v) is 5.87. The summed E-state index contributed by atoms with van der Waals surface area (Å²) in [6.45, 7) is 2.31. The van der Waals surface area contributed by atoms with Crippen LogP contribution in [-0.2, 0) is 23.1 Å². The number of hydrogen-bond donors (Lipinski definition) is 2. The molecule has 108 valence electrons. The molecule has 2 aromatic rings. The summed E-state index contributed by atoms with van der Waals surface area (Å²) >= 11 is 0. The predicted molar refractivity (Wildman–Crippen MR) is 72.3 cm³/mol. The molecule has 0 bridgehead atoms. The Morgan fingerprint density at radius 2 is 2.05 bits per heavy atom.